The van der Waals surface area contributed by atoms with E-state index in [2.05, 4.69) is 4.98 Å². The lowest BCUT2D eigenvalue weighted by molar-refractivity contribution is 0.109. The SMILES string of the molecule is CCOC(=O)N1CCc2ncsc2CC1. The third-order valence-corrected chi connectivity index (χ3v) is 3.41. The highest BCUT2D eigenvalue weighted by molar-refractivity contribution is 7.09. The Morgan fingerprint density at radius 2 is 2.40 bits per heavy atom. The summed E-state index contributed by atoms with van der Waals surface area (Å²) in [5.74, 6) is 0. The maximum Gasteiger partial charge on any atom is 0.409 e. The van der Waals surface area contributed by atoms with Crippen molar-refractivity contribution in [3.63, 3.8) is 0 Å². The molecule has 15 heavy (non-hydrogen) atoms. The van der Waals surface area contributed by atoms with E-state index in [1.165, 1.54) is 4.88 Å². The van der Waals surface area contributed by atoms with Gasteiger partial charge in [-0.1, -0.05) is 0 Å². The molecule has 0 aliphatic carbocycles. The van der Waals surface area contributed by atoms with Crippen molar-refractivity contribution in [3.8, 4) is 0 Å². The van der Waals surface area contributed by atoms with E-state index >= 15 is 0 Å². The van der Waals surface area contributed by atoms with E-state index < -0.39 is 0 Å². The van der Waals surface area contributed by atoms with E-state index in [-0.39, 0.29) is 6.09 Å². The van der Waals surface area contributed by atoms with Gasteiger partial charge in [0.15, 0.2) is 0 Å². The first-order valence-electron chi connectivity index (χ1n) is 5.14. The zero-order chi connectivity index (χ0) is 10.7. The van der Waals surface area contributed by atoms with E-state index in [0.717, 1.165) is 31.6 Å². The van der Waals surface area contributed by atoms with Crippen molar-refractivity contribution in [2.75, 3.05) is 19.7 Å². The van der Waals surface area contributed by atoms with E-state index in [4.69, 9.17) is 4.74 Å². The first-order chi connectivity index (χ1) is 7.31. The van der Waals surface area contributed by atoms with Crippen molar-refractivity contribution in [1.82, 2.24) is 9.88 Å². The number of rotatable bonds is 1. The quantitative estimate of drug-likeness (QED) is 0.732. The third-order valence-electron chi connectivity index (χ3n) is 2.48. The molecular weight excluding hydrogens is 212 g/mol. The van der Waals surface area contributed by atoms with Crippen LogP contribution in [0.15, 0.2) is 5.51 Å². The summed E-state index contributed by atoms with van der Waals surface area (Å²) in [5, 5.41) is 0. The smallest absolute Gasteiger partial charge is 0.409 e. The molecule has 5 heteroatoms. The van der Waals surface area contributed by atoms with E-state index in [9.17, 15) is 4.79 Å². The summed E-state index contributed by atoms with van der Waals surface area (Å²) in [7, 11) is 0. The van der Waals surface area contributed by atoms with Crippen LogP contribution in [0.2, 0.25) is 0 Å². The van der Waals surface area contributed by atoms with Gasteiger partial charge in [0.25, 0.3) is 0 Å². The van der Waals surface area contributed by atoms with Crippen LogP contribution >= 0.6 is 11.3 Å². The summed E-state index contributed by atoms with van der Waals surface area (Å²) in [5.41, 5.74) is 3.02. The van der Waals surface area contributed by atoms with Gasteiger partial charge in [0.05, 0.1) is 17.8 Å². The van der Waals surface area contributed by atoms with Crippen molar-refractivity contribution in [2.24, 2.45) is 0 Å². The summed E-state index contributed by atoms with van der Waals surface area (Å²) >= 11 is 1.68. The maximum absolute atomic E-state index is 11.5. The number of ether oxygens (including phenoxy) is 1. The van der Waals surface area contributed by atoms with E-state index in [1.807, 2.05) is 12.4 Å². The summed E-state index contributed by atoms with van der Waals surface area (Å²) in [6.45, 7) is 3.73. The van der Waals surface area contributed by atoms with Crippen LogP contribution in [0.25, 0.3) is 0 Å². The average Bonchev–Trinajstić information content (AvgIpc) is 2.58. The van der Waals surface area contributed by atoms with Gasteiger partial charge in [-0.15, -0.1) is 11.3 Å². The number of hydrogen-bond acceptors (Lipinski definition) is 4. The van der Waals surface area contributed by atoms with Crippen LogP contribution in [0.1, 0.15) is 17.5 Å². The van der Waals surface area contributed by atoms with Gasteiger partial charge in [-0.25, -0.2) is 9.78 Å². The first kappa shape index (κ1) is 10.4. The monoisotopic (exact) mass is 226 g/mol. The summed E-state index contributed by atoms with van der Waals surface area (Å²) in [4.78, 5) is 18.9. The molecule has 4 nitrogen and oxygen atoms in total. The Bertz CT molecular complexity index is 328. The zero-order valence-corrected chi connectivity index (χ0v) is 9.55. The molecular formula is C10H14N2O2S. The van der Waals surface area contributed by atoms with Gasteiger partial charge in [-0.05, 0) is 6.92 Å². The minimum absolute atomic E-state index is 0.201. The number of carbonyl (C=O) groups is 1. The van der Waals surface area contributed by atoms with Crippen LogP contribution in [-0.4, -0.2) is 35.7 Å². The summed E-state index contributed by atoms with van der Waals surface area (Å²) < 4.78 is 4.98. The van der Waals surface area contributed by atoms with Crippen LogP contribution in [0.3, 0.4) is 0 Å². The topological polar surface area (TPSA) is 42.4 Å². The van der Waals surface area contributed by atoms with Gasteiger partial charge in [0, 0.05) is 30.8 Å². The molecule has 0 fully saturated rings. The number of amides is 1. The second-order valence-electron chi connectivity index (χ2n) is 3.41. The Hall–Kier alpha value is -1.10. The number of fused-ring (bicyclic) bond motifs is 1. The number of aromatic nitrogens is 1. The van der Waals surface area contributed by atoms with Crippen LogP contribution in [0.4, 0.5) is 4.79 Å². The van der Waals surface area contributed by atoms with Crippen LogP contribution in [0.5, 0.6) is 0 Å². The molecule has 0 radical (unpaired) electrons. The molecule has 0 aromatic carbocycles. The van der Waals surface area contributed by atoms with Crippen molar-refractivity contribution < 1.29 is 9.53 Å². The highest BCUT2D eigenvalue weighted by atomic mass is 32.1. The molecule has 1 amide bonds. The lowest BCUT2D eigenvalue weighted by atomic mass is 10.2. The Balaban J connectivity index is 1.99. The normalized spacial score (nSPS) is 15.7. The summed E-state index contributed by atoms with van der Waals surface area (Å²) in [6, 6.07) is 0. The molecule has 0 saturated heterocycles. The molecule has 2 heterocycles. The molecule has 0 unspecified atom stereocenters. The van der Waals surface area contributed by atoms with E-state index in [1.54, 1.807) is 16.2 Å². The predicted molar refractivity (Wildman–Crippen MR) is 58.1 cm³/mol. The van der Waals surface area contributed by atoms with Crippen LogP contribution in [-0.2, 0) is 17.6 Å². The van der Waals surface area contributed by atoms with Gasteiger partial charge in [-0.2, -0.15) is 0 Å². The van der Waals surface area contributed by atoms with Gasteiger partial charge in [0.2, 0.25) is 0 Å². The second-order valence-corrected chi connectivity index (χ2v) is 4.35. The molecule has 0 atom stereocenters. The van der Waals surface area contributed by atoms with Crippen LogP contribution < -0.4 is 0 Å². The van der Waals surface area contributed by atoms with E-state index in [0.29, 0.717) is 6.61 Å². The number of thiazole rings is 1. The van der Waals surface area contributed by atoms with Gasteiger partial charge in [0.1, 0.15) is 0 Å². The van der Waals surface area contributed by atoms with Crippen molar-refractivity contribution in [2.45, 2.75) is 19.8 Å². The highest BCUT2D eigenvalue weighted by Gasteiger charge is 2.20. The molecule has 0 saturated carbocycles. The fraction of sp³-hybridized carbons (Fsp3) is 0.600. The Kier molecular flexibility index (Phi) is 3.20. The van der Waals surface area contributed by atoms with Crippen LogP contribution in [0, 0.1) is 0 Å². The third kappa shape index (κ3) is 2.28. The molecule has 1 aromatic heterocycles. The number of nitrogens with zero attached hydrogens (tertiary/aromatic N) is 2. The Labute approximate surface area is 92.9 Å². The van der Waals surface area contributed by atoms with Gasteiger partial charge < -0.3 is 9.64 Å². The van der Waals surface area contributed by atoms with Gasteiger partial charge >= 0.3 is 6.09 Å². The number of carbonyl (C=O) groups excluding carboxylic acids is 1. The van der Waals surface area contributed by atoms with Crippen molar-refractivity contribution in [1.29, 1.82) is 0 Å². The van der Waals surface area contributed by atoms with Crippen molar-refractivity contribution in [3.05, 3.63) is 16.1 Å². The second kappa shape index (κ2) is 4.61. The fourth-order valence-electron chi connectivity index (χ4n) is 1.69. The zero-order valence-electron chi connectivity index (χ0n) is 8.73. The first-order valence-corrected chi connectivity index (χ1v) is 6.02. The minimum Gasteiger partial charge on any atom is -0.450 e. The number of hydrogen-bond donors (Lipinski definition) is 0. The average molecular weight is 226 g/mol. The minimum atomic E-state index is -0.201. The maximum atomic E-state index is 11.5. The summed E-state index contributed by atoms with van der Waals surface area (Å²) in [6.07, 6.45) is 1.55. The Morgan fingerprint density at radius 1 is 1.60 bits per heavy atom. The van der Waals surface area contributed by atoms with Gasteiger partial charge in [-0.3, -0.25) is 0 Å². The molecule has 1 aliphatic heterocycles. The fourth-order valence-corrected chi connectivity index (χ4v) is 2.49. The highest BCUT2D eigenvalue weighted by Crippen LogP contribution is 2.18. The molecule has 1 aliphatic rings. The standard InChI is InChI=1S/C10H14N2O2S/c1-2-14-10(13)12-5-3-8-9(4-6-12)15-7-11-8/h7H,2-6H2,1H3. The predicted octanol–water partition coefficient (Wildman–Crippen LogP) is 1.70. The molecule has 0 spiro atoms. The molecule has 2 rings (SSSR count). The molecule has 0 N–H and O–H groups in total. The largest absolute Gasteiger partial charge is 0.450 e. The molecule has 0 bridgehead atoms. The molecule has 1 aromatic rings. The van der Waals surface area contributed by atoms with Crippen molar-refractivity contribution >= 4 is 17.4 Å². The lowest BCUT2D eigenvalue weighted by Gasteiger charge is -2.18. The lowest BCUT2D eigenvalue weighted by Crippen LogP contribution is -2.33. The molecule has 82 valence electrons. The Morgan fingerprint density at radius 3 is 3.20 bits per heavy atom.